The van der Waals surface area contributed by atoms with Gasteiger partial charge in [0.25, 0.3) is 0 Å². The third-order valence-electron chi connectivity index (χ3n) is 2.82. The minimum atomic E-state index is -3.59. The van der Waals surface area contributed by atoms with Crippen molar-refractivity contribution in [3.63, 3.8) is 0 Å². The van der Waals surface area contributed by atoms with E-state index in [-0.39, 0.29) is 11.4 Å². The largest absolute Gasteiger partial charge is 0.495 e. The molecule has 1 aromatic rings. The monoisotopic (exact) mass is 302 g/mol. The van der Waals surface area contributed by atoms with Gasteiger partial charge in [0.1, 0.15) is 10.6 Å². The molecule has 20 heavy (non-hydrogen) atoms. The van der Waals surface area contributed by atoms with Crippen molar-refractivity contribution in [2.45, 2.75) is 24.3 Å². The predicted octanol–water partition coefficient (Wildman–Crippen LogP) is 0.859. The zero-order valence-electron chi connectivity index (χ0n) is 11.9. The highest BCUT2D eigenvalue weighted by atomic mass is 32.2. The molecule has 0 aliphatic rings. The number of nitrogens with one attached hydrogen (secondary N) is 1. The molecule has 0 atom stereocenters. The Labute approximate surface area is 120 Å². The molecule has 0 aliphatic heterocycles. The average Bonchev–Trinajstić information content (AvgIpc) is 2.46. The first-order valence-electron chi connectivity index (χ1n) is 6.40. The van der Waals surface area contributed by atoms with Crippen LogP contribution >= 0.6 is 0 Å². The summed E-state index contributed by atoms with van der Waals surface area (Å²) in [6, 6.07) is 4.90. The molecule has 0 heterocycles. The van der Waals surface area contributed by atoms with Gasteiger partial charge in [0.05, 0.1) is 7.11 Å². The average molecular weight is 302 g/mol. The fourth-order valence-electron chi connectivity index (χ4n) is 1.71. The van der Waals surface area contributed by atoms with E-state index in [0.29, 0.717) is 25.3 Å². The van der Waals surface area contributed by atoms with Gasteiger partial charge in [-0.1, -0.05) is 6.07 Å². The lowest BCUT2D eigenvalue weighted by Crippen LogP contribution is -2.25. The topological polar surface area (TPSA) is 90.7 Å². The van der Waals surface area contributed by atoms with E-state index >= 15 is 0 Å². The molecular formula is C13H22N2O4S. The second-order valence-electron chi connectivity index (χ2n) is 4.29. The maximum absolute atomic E-state index is 12.2. The number of benzene rings is 1. The van der Waals surface area contributed by atoms with Crippen LogP contribution in [0.1, 0.15) is 18.4 Å². The molecular weight excluding hydrogens is 280 g/mol. The predicted molar refractivity (Wildman–Crippen MR) is 77.2 cm³/mol. The number of sulfonamides is 1. The van der Waals surface area contributed by atoms with E-state index in [4.69, 9.17) is 15.2 Å². The number of hydrogen-bond acceptors (Lipinski definition) is 5. The molecule has 1 aromatic carbocycles. The molecule has 114 valence electrons. The molecule has 0 amide bonds. The molecule has 0 aromatic heterocycles. The second kappa shape index (κ2) is 8.21. The third kappa shape index (κ3) is 4.75. The van der Waals surface area contributed by atoms with Crippen LogP contribution in [0.2, 0.25) is 0 Å². The SMILES string of the molecule is COCCCCNS(=O)(=O)c1cc(CN)ccc1OC. The van der Waals surface area contributed by atoms with E-state index < -0.39 is 10.0 Å². The van der Waals surface area contributed by atoms with Crippen LogP contribution in [0.25, 0.3) is 0 Å². The summed E-state index contributed by atoms with van der Waals surface area (Å²) in [4.78, 5) is 0.120. The summed E-state index contributed by atoms with van der Waals surface area (Å²) in [5.74, 6) is 0.312. The molecule has 3 N–H and O–H groups in total. The second-order valence-corrected chi connectivity index (χ2v) is 6.02. The van der Waals surface area contributed by atoms with Gasteiger partial charge in [0.15, 0.2) is 0 Å². The third-order valence-corrected chi connectivity index (χ3v) is 4.30. The fourth-order valence-corrected chi connectivity index (χ4v) is 3.01. The van der Waals surface area contributed by atoms with Gasteiger partial charge in [-0.05, 0) is 30.5 Å². The number of methoxy groups -OCH3 is 2. The highest BCUT2D eigenvalue weighted by molar-refractivity contribution is 7.89. The summed E-state index contributed by atoms with van der Waals surface area (Å²) in [5.41, 5.74) is 6.28. The molecule has 1 rings (SSSR count). The Kier molecular flexibility index (Phi) is 6.94. The van der Waals surface area contributed by atoms with Crippen molar-refractivity contribution in [1.82, 2.24) is 4.72 Å². The lowest BCUT2D eigenvalue weighted by molar-refractivity contribution is 0.193. The van der Waals surface area contributed by atoms with Gasteiger partial charge < -0.3 is 15.2 Å². The van der Waals surface area contributed by atoms with E-state index in [9.17, 15) is 8.42 Å². The Balaban J connectivity index is 2.80. The van der Waals surface area contributed by atoms with Gasteiger partial charge in [-0.25, -0.2) is 13.1 Å². The van der Waals surface area contributed by atoms with Crippen molar-refractivity contribution in [2.24, 2.45) is 5.73 Å². The molecule has 0 fully saturated rings. The zero-order chi connectivity index (χ0) is 15.0. The highest BCUT2D eigenvalue weighted by Crippen LogP contribution is 2.24. The Hall–Kier alpha value is -1.15. The van der Waals surface area contributed by atoms with E-state index in [0.717, 1.165) is 12.0 Å². The van der Waals surface area contributed by atoms with Gasteiger partial charge in [0.2, 0.25) is 10.0 Å². The summed E-state index contributed by atoms with van der Waals surface area (Å²) in [6.07, 6.45) is 1.52. The lowest BCUT2D eigenvalue weighted by Gasteiger charge is -2.12. The highest BCUT2D eigenvalue weighted by Gasteiger charge is 2.19. The van der Waals surface area contributed by atoms with E-state index in [1.807, 2.05) is 0 Å². The van der Waals surface area contributed by atoms with Gasteiger partial charge in [-0.15, -0.1) is 0 Å². The van der Waals surface area contributed by atoms with Gasteiger partial charge in [-0.3, -0.25) is 0 Å². The Morgan fingerprint density at radius 2 is 2.00 bits per heavy atom. The van der Waals surface area contributed by atoms with Crippen molar-refractivity contribution >= 4 is 10.0 Å². The first-order chi connectivity index (χ1) is 9.55. The van der Waals surface area contributed by atoms with E-state index in [1.54, 1.807) is 19.2 Å². The quantitative estimate of drug-likeness (QED) is 0.660. The molecule has 6 nitrogen and oxygen atoms in total. The maximum Gasteiger partial charge on any atom is 0.244 e. The minimum Gasteiger partial charge on any atom is -0.495 e. The van der Waals surface area contributed by atoms with Crippen molar-refractivity contribution in [3.05, 3.63) is 23.8 Å². The molecule has 0 saturated heterocycles. The summed E-state index contributed by atoms with van der Waals surface area (Å²) in [5, 5.41) is 0. The van der Waals surface area contributed by atoms with Crippen LogP contribution in [0.15, 0.2) is 23.1 Å². The van der Waals surface area contributed by atoms with Crippen LogP contribution in [0.4, 0.5) is 0 Å². The lowest BCUT2D eigenvalue weighted by atomic mass is 10.2. The molecule has 0 spiro atoms. The molecule has 0 aliphatic carbocycles. The number of ether oxygens (including phenoxy) is 2. The fraction of sp³-hybridized carbons (Fsp3) is 0.538. The Bertz CT molecular complexity index is 517. The maximum atomic E-state index is 12.2. The number of unbranched alkanes of at least 4 members (excludes halogenated alkanes) is 1. The number of nitrogens with two attached hydrogens (primary N) is 1. The molecule has 0 unspecified atom stereocenters. The van der Waals surface area contributed by atoms with Crippen LogP contribution in [0.5, 0.6) is 5.75 Å². The molecule has 0 radical (unpaired) electrons. The van der Waals surface area contributed by atoms with Crippen molar-refractivity contribution in [2.75, 3.05) is 27.4 Å². The first kappa shape index (κ1) is 16.9. The van der Waals surface area contributed by atoms with Crippen LogP contribution in [0.3, 0.4) is 0 Å². The van der Waals surface area contributed by atoms with Crippen molar-refractivity contribution < 1.29 is 17.9 Å². The summed E-state index contributed by atoms with van der Waals surface area (Å²) in [7, 11) is -0.536. The standard InChI is InChI=1S/C13H22N2O4S/c1-18-8-4-3-7-15-20(16,17)13-9-11(10-14)5-6-12(13)19-2/h5-6,9,15H,3-4,7-8,10,14H2,1-2H3. The van der Waals surface area contributed by atoms with Gasteiger partial charge in [-0.2, -0.15) is 0 Å². The zero-order valence-corrected chi connectivity index (χ0v) is 12.7. The smallest absolute Gasteiger partial charge is 0.244 e. The van der Waals surface area contributed by atoms with Crippen molar-refractivity contribution in [1.29, 1.82) is 0 Å². The Morgan fingerprint density at radius 3 is 2.60 bits per heavy atom. The molecule has 0 saturated carbocycles. The van der Waals surface area contributed by atoms with Crippen LogP contribution in [-0.4, -0.2) is 35.8 Å². The van der Waals surface area contributed by atoms with Crippen LogP contribution in [-0.2, 0) is 21.3 Å². The van der Waals surface area contributed by atoms with Crippen LogP contribution < -0.4 is 15.2 Å². The van der Waals surface area contributed by atoms with Crippen LogP contribution in [0, 0.1) is 0 Å². The normalized spacial score (nSPS) is 11.6. The van der Waals surface area contributed by atoms with Gasteiger partial charge >= 0.3 is 0 Å². The summed E-state index contributed by atoms with van der Waals surface area (Å²) >= 11 is 0. The number of rotatable bonds is 9. The number of hydrogen-bond donors (Lipinski definition) is 2. The van der Waals surface area contributed by atoms with E-state index in [2.05, 4.69) is 4.72 Å². The van der Waals surface area contributed by atoms with E-state index in [1.165, 1.54) is 13.2 Å². The van der Waals surface area contributed by atoms with Crippen molar-refractivity contribution in [3.8, 4) is 5.75 Å². The van der Waals surface area contributed by atoms with Gasteiger partial charge in [0, 0.05) is 26.8 Å². The summed E-state index contributed by atoms with van der Waals surface area (Å²) in [6.45, 7) is 1.26. The minimum absolute atomic E-state index is 0.120. The Morgan fingerprint density at radius 1 is 1.25 bits per heavy atom. The summed E-state index contributed by atoms with van der Waals surface area (Å²) < 4.78 is 37.1. The molecule has 0 bridgehead atoms. The first-order valence-corrected chi connectivity index (χ1v) is 7.89. The molecule has 7 heteroatoms.